The fourth-order valence-corrected chi connectivity index (χ4v) is 1.09. The number of nitrogens with one attached hydrogen (secondary N) is 2. The summed E-state index contributed by atoms with van der Waals surface area (Å²) in [6.07, 6.45) is 1.04. The summed E-state index contributed by atoms with van der Waals surface area (Å²) in [4.78, 5) is 15.5. The summed E-state index contributed by atoms with van der Waals surface area (Å²) in [6, 6.07) is 0. The van der Waals surface area contributed by atoms with Crippen molar-refractivity contribution in [3.8, 4) is 0 Å². The number of hydrogen-bond acceptors (Lipinski definition) is 3. The predicted octanol–water partition coefficient (Wildman–Crippen LogP) is 0.761. The van der Waals surface area contributed by atoms with Crippen LogP contribution in [0.15, 0.2) is 4.99 Å². The number of ether oxygens (including phenoxy) is 1. The first-order chi connectivity index (χ1) is 7.65. The van der Waals surface area contributed by atoms with Gasteiger partial charge >= 0.3 is 5.97 Å². The number of hydrogen-bond donors (Lipinski definition) is 2. The average molecular weight is 229 g/mol. The first kappa shape index (κ1) is 14.7. The van der Waals surface area contributed by atoms with Gasteiger partial charge in [-0.2, -0.15) is 0 Å². The molecule has 16 heavy (non-hydrogen) atoms. The zero-order chi connectivity index (χ0) is 12.4. The monoisotopic (exact) mass is 229 g/mol. The molecule has 0 aromatic rings. The van der Waals surface area contributed by atoms with Gasteiger partial charge < -0.3 is 15.4 Å². The minimum atomic E-state index is -0.227. The average Bonchev–Trinajstić information content (AvgIpc) is 2.31. The van der Waals surface area contributed by atoms with Crippen molar-refractivity contribution in [2.24, 2.45) is 10.9 Å². The molecule has 0 amide bonds. The first-order valence-corrected chi connectivity index (χ1v) is 5.75. The van der Waals surface area contributed by atoms with E-state index in [1.165, 1.54) is 7.11 Å². The van der Waals surface area contributed by atoms with E-state index in [4.69, 9.17) is 0 Å². The van der Waals surface area contributed by atoms with E-state index in [1.54, 1.807) is 6.92 Å². The zero-order valence-corrected chi connectivity index (χ0v) is 10.7. The number of aliphatic imine (C=N–C) groups is 1. The van der Waals surface area contributed by atoms with Crippen LogP contribution in [0.25, 0.3) is 0 Å². The van der Waals surface area contributed by atoms with Crippen molar-refractivity contribution < 1.29 is 9.53 Å². The molecule has 1 atom stereocenters. The Kier molecular flexibility index (Phi) is 8.29. The Morgan fingerprint density at radius 3 is 2.56 bits per heavy atom. The smallest absolute Gasteiger partial charge is 0.310 e. The number of rotatable bonds is 6. The van der Waals surface area contributed by atoms with Crippen molar-refractivity contribution in [2.45, 2.75) is 27.2 Å². The van der Waals surface area contributed by atoms with Gasteiger partial charge in [0.15, 0.2) is 5.96 Å². The minimum absolute atomic E-state index is 0.206. The first-order valence-electron chi connectivity index (χ1n) is 5.75. The lowest BCUT2D eigenvalue weighted by Crippen LogP contribution is -2.38. The molecular formula is C11H23N3O2. The van der Waals surface area contributed by atoms with Crippen LogP contribution in [-0.2, 0) is 9.53 Å². The number of nitrogens with zero attached hydrogens (tertiary/aromatic N) is 1. The van der Waals surface area contributed by atoms with Crippen LogP contribution in [-0.4, -0.2) is 38.7 Å². The molecule has 0 aliphatic rings. The Bertz CT molecular complexity index is 229. The quantitative estimate of drug-likeness (QED) is 0.401. The van der Waals surface area contributed by atoms with Gasteiger partial charge in [-0.15, -0.1) is 0 Å². The summed E-state index contributed by atoms with van der Waals surface area (Å²) in [5.41, 5.74) is 0. The van der Waals surface area contributed by atoms with Crippen LogP contribution in [0.1, 0.15) is 27.2 Å². The Morgan fingerprint density at radius 1 is 1.38 bits per heavy atom. The normalized spacial score (nSPS) is 13.1. The van der Waals surface area contributed by atoms with Gasteiger partial charge in [0, 0.05) is 13.1 Å². The molecule has 5 heteroatoms. The predicted molar refractivity (Wildman–Crippen MR) is 65.5 cm³/mol. The fourth-order valence-electron chi connectivity index (χ4n) is 1.09. The van der Waals surface area contributed by atoms with Gasteiger partial charge in [-0.3, -0.25) is 9.79 Å². The summed E-state index contributed by atoms with van der Waals surface area (Å²) in [5.74, 6) is 0.317. The minimum Gasteiger partial charge on any atom is -0.469 e. The molecule has 0 fully saturated rings. The maximum atomic E-state index is 11.2. The van der Waals surface area contributed by atoms with E-state index in [9.17, 15) is 4.79 Å². The third-order valence-corrected chi connectivity index (χ3v) is 2.01. The third kappa shape index (κ3) is 6.27. The van der Waals surface area contributed by atoms with Crippen molar-refractivity contribution in [3.05, 3.63) is 0 Å². The molecule has 0 bridgehead atoms. The van der Waals surface area contributed by atoms with E-state index in [0.29, 0.717) is 6.54 Å². The molecule has 0 saturated heterocycles. The van der Waals surface area contributed by atoms with Crippen molar-refractivity contribution in [1.82, 2.24) is 10.6 Å². The van der Waals surface area contributed by atoms with Gasteiger partial charge in [-0.05, 0) is 13.3 Å². The molecular weight excluding hydrogens is 206 g/mol. The van der Waals surface area contributed by atoms with E-state index in [1.807, 2.05) is 6.92 Å². The van der Waals surface area contributed by atoms with E-state index in [-0.39, 0.29) is 11.9 Å². The molecule has 1 unspecified atom stereocenters. The summed E-state index contributed by atoms with van der Waals surface area (Å²) < 4.78 is 4.64. The van der Waals surface area contributed by atoms with Crippen LogP contribution in [0.3, 0.4) is 0 Å². The molecule has 0 aliphatic carbocycles. The second-order valence-electron chi connectivity index (χ2n) is 3.57. The molecule has 0 aromatic heterocycles. The zero-order valence-electron chi connectivity index (χ0n) is 10.7. The van der Waals surface area contributed by atoms with Crippen LogP contribution in [0.4, 0.5) is 0 Å². The largest absolute Gasteiger partial charge is 0.469 e. The second-order valence-corrected chi connectivity index (χ2v) is 3.57. The Morgan fingerprint density at radius 2 is 2.06 bits per heavy atom. The van der Waals surface area contributed by atoms with Gasteiger partial charge in [0.05, 0.1) is 19.6 Å². The highest BCUT2D eigenvalue weighted by molar-refractivity contribution is 5.80. The van der Waals surface area contributed by atoms with Gasteiger partial charge in [0.25, 0.3) is 0 Å². The summed E-state index contributed by atoms with van der Waals surface area (Å²) in [7, 11) is 1.39. The van der Waals surface area contributed by atoms with E-state index in [2.05, 4.69) is 27.3 Å². The molecule has 94 valence electrons. The third-order valence-electron chi connectivity index (χ3n) is 2.01. The highest BCUT2D eigenvalue weighted by Gasteiger charge is 2.12. The Labute approximate surface area is 97.7 Å². The summed E-state index contributed by atoms with van der Waals surface area (Å²) >= 11 is 0. The van der Waals surface area contributed by atoms with Gasteiger partial charge in [0.1, 0.15) is 0 Å². The second kappa shape index (κ2) is 9.00. The lowest BCUT2D eigenvalue weighted by molar-refractivity contribution is -0.144. The number of guanidine groups is 1. The van der Waals surface area contributed by atoms with Crippen LogP contribution in [0, 0.1) is 5.92 Å². The standard InChI is InChI=1S/C11H23N3O2/c1-5-7-13-11(12-6-2)14-8-9(3)10(15)16-4/h9H,5-8H2,1-4H3,(H2,12,13,14). The number of methoxy groups -OCH3 is 1. The molecule has 2 N–H and O–H groups in total. The number of carbonyl (C=O) groups is 1. The van der Waals surface area contributed by atoms with Crippen LogP contribution in [0.5, 0.6) is 0 Å². The fraction of sp³-hybridized carbons (Fsp3) is 0.818. The summed E-state index contributed by atoms with van der Waals surface area (Å²) in [5, 5.41) is 6.29. The highest BCUT2D eigenvalue weighted by atomic mass is 16.5. The van der Waals surface area contributed by atoms with Crippen molar-refractivity contribution >= 4 is 11.9 Å². The molecule has 5 nitrogen and oxygen atoms in total. The molecule has 0 rings (SSSR count). The Balaban J connectivity index is 4.15. The van der Waals surface area contributed by atoms with E-state index < -0.39 is 0 Å². The molecule has 0 aromatic carbocycles. The number of carbonyl (C=O) groups excluding carboxylic acids is 1. The SMILES string of the molecule is CCCNC(=NCC(C)C(=O)OC)NCC. The molecule has 0 heterocycles. The van der Waals surface area contributed by atoms with Crippen molar-refractivity contribution in [2.75, 3.05) is 26.7 Å². The van der Waals surface area contributed by atoms with Crippen molar-refractivity contribution in [1.29, 1.82) is 0 Å². The van der Waals surface area contributed by atoms with Gasteiger partial charge in [-0.25, -0.2) is 0 Å². The maximum absolute atomic E-state index is 11.2. The van der Waals surface area contributed by atoms with Crippen LogP contribution >= 0.6 is 0 Å². The molecule has 0 aliphatic heterocycles. The maximum Gasteiger partial charge on any atom is 0.310 e. The van der Waals surface area contributed by atoms with Gasteiger partial charge in [0.2, 0.25) is 0 Å². The van der Waals surface area contributed by atoms with Crippen LogP contribution < -0.4 is 10.6 Å². The Hall–Kier alpha value is -1.26. The highest BCUT2D eigenvalue weighted by Crippen LogP contribution is 1.97. The lowest BCUT2D eigenvalue weighted by Gasteiger charge is -2.11. The molecule has 0 saturated carbocycles. The van der Waals surface area contributed by atoms with E-state index >= 15 is 0 Å². The summed E-state index contributed by atoms with van der Waals surface area (Å²) in [6.45, 7) is 8.02. The van der Waals surface area contributed by atoms with E-state index in [0.717, 1.165) is 25.5 Å². The lowest BCUT2D eigenvalue weighted by atomic mass is 10.2. The molecule has 0 radical (unpaired) electrons. The topological polar surface area (TPSA) is 62.7 Å². The van der Waals surface area contributed by atoms with Crippen molar-refractivity contribution in [3.63, 3.8) is 0 Å². The molecule has 0 spiro atoms. The van der Waals surface area contributed by atoms with Gasteiger partial charge in [-0.1, -0.05) is 13.8 Å². The number of esters is 1. The van der Waals surface area contributed by atoms with Crippen LogP contribution in [0.2, 0.25) is 0 Å².